The van der Waals surface area contributed by atoms with Crippen LogP contribution < -0.4 is 4.74 Å². The molecular weight excluding hydrogens is 381 g/mol. The normalized spacial score (nSPS) is 29.5. The summed E-state index contributed by atoms with van der Waals surface area (Å²) in [7, 11) is 4.01. The molecule has 1 aromatic carbocycles. The maximum Gasteiger partial charge on any atom is 0.316 e. The molecule has 0 aromatic heterocycles. The van der Waals surface area contributed by atoms with Gasteiger partial charge in [-0.1, -0.05) is 6.42 Å². The molecule has 28 heavy (non-hydrogen) atoms. The van der Waals surface area contributed by atoms with E-state index < -0.39 is 22.8 Å². The van der Waals surface area contributed by atoms with Crippen LogP contribution in [0.2, 0.25) is 0 Å². The standard InChI is InChI=1S/C22H32FNO3.ClH/c1-21(2,3)20(25)27-18-10-16(9-17(23)11-18)22(26)12-14-6-7-15(8-14)19(22)13-24(4)5;/h9-11,14-15,19,26H,6-8,12-13H2,1-5H3;1H. The number of aliphatic hydroxyl groups is 1. The summed E-state index contributed by atoms with van der Waals surface area (Å²) in [5.41, 5.74) is -1.25. The molecule has 1 aromatic rings. The SMILES string of the molecule is CN(C)CC1C2CCC(C2)CC1(O)c1cc(F)cc(OC(=O)C(C)(C)C)c1.Cl. The van der Waals surface area contributed by atoms with E-state index in [4.69, 9.17) is 4.74 Å². The summed E-state index contributed by atoms with van der Waals surface area (Å²) >= 11 is 0. The number of carbonyl (C=O) groups is 1. The number of hydrogen-bond donors (Lipinski definition) is 1. The van der Waals surface area contributed by atoms with Crippen LogP contribution >= 0.6 is 12.4 Å². The highest BCUT2D eigenvalue weighted by Gasteiger charge is 2.51. The van der Waals surface area contributed by atoms with Gasteiger partial charge in [0.15, 0.2) is 0 Å². The lowest BCUT2D eigenvalue weighted by Gasteiger charge is -2.45. The van der Waals surface area contributed by atoms with E-state index in [0.29, 0.717) is 23.8 Å². The summed E-state index contributed by atoms with van der Waals surface area (Å²) in [6.45, 7) is 6.03. The number of rotatable bonds is 4. The third-order valence-corrected chi connectivity index (χ3v) is 6.12. The predicted molar refractivity (Wildman–Crippen MR) is 110 cm³/mol. The smallest absolute Gasteiger partial charge is 0.316 e. The Hall–Kier alpha value is -1.17. The number of nitrogens with zero attached hydrogens (tertiary/aromatic N) is 1. The van der Waals surface area contributed by atoms with Gasteiger partial charge in [0.1, 0.15) is 11.6 Å². The van der Waals surface area contributed by atoms with Crippen LogP contribution in [0, 0.1) is 29.0 Å². The fourth-order valence-corrected chi connectivity index (χ4v) is 4.80. The van der Waals surface area contributed by atoms with Gasteiger partial charge in [-0.3, -0.25) is 4.79 Å². The number of fused-ring (bicyclic) bond motifs is 2. The number of esters is 1. The van der Waals surface area contributed by atoms with Crippen molar-refractivity contribution >= 4 is 18.4 Å². The largest absolute Gasteiger partial charge is 0.426 e. The lowest BCUT2D eigenvalue weighted by molar-refractivity contribution is -0.143. The van der Waals surface area contributed by atoms with Gasteiger partial charge in [0.05, 0.1) is 11.0 Å². The Morgan fingerprint density at radius 2 is 1.96 bits per heavy atom. The molecule has 2 aliphatic carbocycles. The van der Waals surface area contributed by atoms with Crippen LogP contribution in [-0.2, 0) is 10.4 Å². The van der Waals surface area contributed by atoms with Crippen molar-refractivity contribution in [3.63, 3.8) is 0 Å². The molecule has 0 amide bonds. The molecule has 1 N–H and O–H groups in total. The van der Waals surface area contributed by atoms with Crippen molar-refractivity contribution in [2.45, 2.75) is 52.1 Å². The third-order valence-electron chi connectivity index (χ3n) is 6.12. The summed E-state index contributed by atoms with van der Waals surface area (Å²) in [6.07, 6.45) is 4.02. The van der Waals surface area contributed by atoms with Gasteiger partial charge in [-0.15, -0.1) is 12.4 Å². The topological polar surface area (TPSA) is 49.8 Å². The maximum absolute atomic E-state index is 14.4. The minimum Gasteiger partial charge on any atom is -0.426 e. The van der Waals surface area contributed by atoms with Crippen LogP contribution in [0.5, 0.6) is 5.75 Å². The van der Waals surface area contributed by atoms with Gasteiger partial charge in [0.25, 0.3) is 0 Å². The summed E-state index contributed by atoms with van der Waals surface area (Å²) in [5, 5.41) is 11.7. The van der Waals surface area contributed by atoms with Gasteiger partial charge in [0, 0.05) is 18.5 Å². The number of carbonyl (C=O) groups excluding carboxylic acids is 1. The molecule has 0 heterocycles. The average Bonchev–Trinajstić information content (AvgIpc) is 2.93. The van der Waals surface area contributed by atoms with Gasteiger partial charge in [-0.25, -0.2) is 4.39 Å². The Morgan fingerprint density at radius 1 is 1.29 bits per heavy atom. The molecule has 0 spiro atoms. The van der Waals surface area contributed by atoms with Crippen molar-refractivity contribution in [2.24, 2.45) is 23.2 Å². The van der Waals surface area contributed by atoms with Gasteiger partial charge >= 0.3 is 5.97 Å². The van der Waals surface area contributed by atoms with Crippen LogP contribution in [0.15, 0.2) is 18.2 Å². The first kappa shape index (κ1) is 23.1. The predicted octanol–water partition coefficient (Wildman–Crippen LogP) is 4.38. The van der Waals surface area contributed by atoms with E-state index in [-0.39, 0.29) is 24.1 Å². The van der Waals surface area contributed by atoms with Gasteiger partial charge in [0.2, 0.25) is 0 Å². The number of benzene rings is 1. The Kier molecular flexibility index (Phi) is 6.84. The summed E-state index contributed by atoms with van der Waals surface area (Å²) in [4.78, 5) is 14.3. The summed E-state index contributed by atoms with van der Waals surface area (Å²) in [6, 6.07) is 4.27. The van der Waals surface area contributed by atoms with Crippen molar-refractivity contribution in [3.05, 3.63) is 29.6 Å². The minimum absolute atomic E-state index is 0. The summed E-state index contributed by atoms with van der Waals surface area (Å²) in [5.74, 6) is 0.222. The first-order valence-corrected chi connectivity index (χ1v) is 9.89. The van der Waals surface area contributed by atoms with Crippen molar-refractivity contribution in [2.75, 3.05) is 20.6 Å². The molecule has 4 nitrogen and oxygen atoms in total. The highest BCUT2D eigenvalue weighted by atomic mass is 35.5. The molecule has 6 heteroatoms. The fourth-order valence-electron chi connectivity index (χ4n) is 4.80. The van der Waals surface area contributed by atoms with Gasteiger partial charge < -0.3 is 14.7 Å². The van der Waals surface area contributed by atoms with E-state index in [0.717, 1.165) is 25.8 Å². The second-order valence-electron chi connectivity index (χ2n) is 9.75. The zero-order valence-electron chi connectivity index (χ0n) is 17.5. The van der Waals surface area contributed by atoms with Crippen LogP contribution in [0.1, 0.15) is 52.0 Å². The van der Waals surface area contributed by atoms with Crippen LogP contribution in [0.4, 0.5) is 4.39 Å². The Bertz CT molecular complexity index is 718. The van der Waals surface area contributed by atoms with Crippen LogP contribution in [-0.4, -0.2) is 36.6 Å². The molecule has 0 radical (unpaired) electrons. The molecule has 158 valence electrons. The lowest BCUT2D eigenvalue weighted by atomic mass is 9.66. The number of hydrogen-bond acceptors (Lipinski definition) is 4. The van der Waals surface area contributed by atoms with Crippen molar-refractivity contribution in [1.82, 2.24) is 4.90 Å². The number of ether oxygens (including phenoxy) is 1. The molecule has 2 bridgehead atoms. The van der Waals surface area contributed by atoms with Crippen molar-refractivity contribution in [1.29, 1.82) is 0 Å². The Labute approximate surface area is 173 Å². The molecule has 4 atom stereocenters. The average molecular weight is 414 g/mol. The lowest BCUT2D eigenvalue weighted by Crippen LogP contribution is -2.47. The molecule has 2 saturated carbocycles. The van der Waals surface area contributed by atoms with E-state index in [9.17, 15) is 14.3 Å². The molecule has 0 saturated heterocycles. The fraction of sp³-hybridized carbons (Fsp3) is 0.682. The molecule has 0 aliphatic heterocycles. The minimum atomic E-state index is -1.10. The van der Waals surface area contributed by atoms with E-state index in [1.54, 1.807) is 26.8 Å². The zero-order chi connectivity index (χ0) is 20.0. The summed E-state index contributed by atoms with van der Waals surface area (Å²) < 4.78 is 19.8. The second-order valence-corrected chi connectivity index (χ2v) is 9.75. The second kappa shape index (κ2) is 8.29. The molecular formula is C22H33ClFNO3. The Balaban J connectivity index is 0.00000280. The monoisotopic (exact) mass is 413 g/mol. The highest BCUT2D eigenvalue weighted by molar-refractivity contribution is 5.85. The number of halogens is 2. The quantitative estimate of drug-likeness (QED) is 0.587. The van der Waals surface area contributed by atoms with Crippen molar-refractivity contribution < 1.29 is 19.0 Å². The van der Waals surface area contributed by atoms with E-state index in [1.165, 1.54) is 12.1 Å². The van der Waals surface area contributed by atoms with Crippen LogP contribution in [0.25, 0.3) is 0 Å². The van der Waals surface area contributed by atoms with E-state index in [2.05, 4.69) is 4.90 Å². The van der Waals surface area contributed by atoms with E-state index in [1.807, 2.05) is 14.1 Å². The molecule has 4 unspecified atom stereocenters. The Morgan fingerprint density at radius 3 is 2.57 bits per heavy atom. The van der Waals surface area contributed by atoms with Crippen LogP contribution in [0.3, 0.4) is 0 Å². The molecule has 3 rings (SSSR count). The first-order chi connectivity index (χ1) is 12.5. The third kappa shape index (κ3) is 4.69. The molecule has 2 fully saturated rings. The maximum atomic E-state index is 14.4. The van der Waals surface area contributed by atoms with Crippen molar-refractivity contribution in [3.8, 4) is 5.75 Å². The molecule has 2 aliphatic rings. The van der Waals surface area contributed by atoms with Gasteiger partial charge in [-0.05, 0) is 83.7 Å². The van der Waals surface area contributed by atoms with Gasteiger partial charge in [-0.2, -0.15) is 0 Å². The zero-order valence-corrected chi connectivity index (χ0v) is 18.3. The van der Waals surface area contributed by atoms with E-state index >= 15 is 0 Å². The highest BCUT2D eigenvalue weighted by Crippen LogP contribution is 2.54. The first-order valence-electron chi connectivity index (χ1n) is 9.89.